The minimum absolute atomic E-state index is 0.0136. The summed E-state index contributed by atoms with van der Waals surface area (Å²) in [5.41, 5.74) is 2.77. The number of nitrogens with one attached hydrogen (secondary N) is 1. The predicted molar refractivity (Wildman–Crippen MR) is 123 cm³/mol. The zero-order valence-electron chi connectivity index (χ0n) is 17.0. The molecule has 2 amide bonds. The summed E-state index contributed by atoms with van der Waals surface area (Å²) in [7, 11) is 0. The molecule has 1 aliphatic heterocycles. The van der Waals surface area contributed by atoms with Crippen molar-refractivity contribution in [2.45, 2.75) is 44.0 Å². The number of rotatable bonds is 6. The van der Waals surface area contributed by atoms with E-state index in [4.69, 9.17) is 11.6 Å². The Kier molecular flexibility index (Phi) is 7.00. The first-order chi connectivity index (χ1) is 14.6. The molecule has 1 atom stereocenters. The van der Waals surface area contributed by atoms with Crippen LogP contribution in [0.4, 0.5) is 0 Å². The highest BCUT2D eigenvalue weighted by atomic mass is 35.5. The van der Waals surface area contributed by atoms with Gasteiger partial charge in [-0.25, -0.2) is 0 Å². The normalized spacial score (nSPS) is 19.8. The van der Waals surface area contributed by atoms with E-state index in [0.717, 1.165) is 17.7 Å². The van der Waals surface area contributed by atoms with Crippen LogP contribution in [0.15, 0.2) is 48.5 Å². The van der Waals surface area contributed by atoms with Gasteiger partial charge in [-0.05, 0) is 54.2 Å². The van der Waals surface area contributed by atoms with Crippen LogP contribution in [0, 0.1) is 5.92 Å². The number of carbonyl (C=O) groups is 2. The van der Waals surface area contributed by atoms with E-state index in [0.29, 0.717) is 28.8 Å². The SMILES string of the molecule is O=C(NCC1CCCCC1)c1ccc([C@@H]2SCC(=O)N2Cc2ccc(Cl)cc2)cc1. The molecule has 0 unspecified atom stereocenters. The molecule has 0 spiro atoms. The molecule has 2 aromatic carbocycles. The van der Waals surface area contributed by atoms with Gasteiger partial charge < -0.3 is 10.2 Å². The van der Waals surface area contributed by atoms with Gasteiger partial charge in [0.2, 0.25) is 5.91 Å². The van der Waals surface area contributed by atoms with E-state index in [1.165, 1.54) is 32.1 Å². The van der Waals surface area contributed by atoms with Crippen molar-refractivity contribution in [3.63, 3.8) is 0 Å². The van der Waals surface area contributed by atoms with Crippen LogP contribution in [0.5, 0.6) is 0 Å². The Morgan fingerprint density at radius 3 is 2.43 bits per heavy atom. The smallest absolute Gasteiger partial charge is 0.251 e. The summed E-state index contributed by atoms with van der Waals surface area (Å²) >= 11 is 7.60. The highest BCUT2D eigenvalue weighted by molar-refractivity contribution is 8.00. The van der Waals surface area contributed by atoms with E-state index in [9.17, 15) is 9.59 Å². The van der Waals surface area contributed by atoms with Crippen molar-refractivity contribution < 1.29 is 9.59 Å². The van der Waals surface area contributed by atoms with Crippen molar-refractivity contribution >= 4 is 35.2 Å². The Labute approximate surface area is 187 Å². The molecule has 158 valence electrons. The summed E-state index contributed by atoms with van der Waals surface area (Å²) in [5, 5.41) is 3.75. The monoisotopic (exact) mass is 442 g/mol. The van der Waals surface area contributed by atoms with Crippen LogP contribution in [0.25, 0.3) is 0 Å². The van der Waals surface area contributed by atoms with Crippen molar-refractivity contribution in [2.24, 2.45) is 5.92 Å². The van der Waals surface area contributed by atoms with Crippen LogP contribution in [0.2, 0.25) is 5.02 Å². The van der Waals surface area contributed by atoms with Crippen LogP contribution in [0.3, 0.4) is 0 Å². The first-order valence-electron chi connectivity index (χ1n) is 10.6. The third-order valence-corrected chi connectivity index (χ3v) is 7.48. The van der Waals surface area contributed by atoms with E-state index in [1.54, 1.807) is 11.8 Å². The van der Waals surface area contributed by atoms with Crippen LogP contribution in [0.1, 0.15) is 59.0 Å². The molecule has 2 aromatic rings. The van der Waals surface area contributed by atoms with Crippen LogP contribution in [-0.4, -0.2) is 29.0 Å². The van der Waals surface area contributed by atoms with Gasteiger partial charge in [0.15, 0.2) is 0 Å². The molecule has 0 bridgehead atoms. The van der Waals surface area contributed by atoms with Gasteiger partial charge >= 0.3 is 0 Å². The summed E-state index contributed by atoms with van der Waals surface area (Å²) in [6.45, 7) is 1.32. The maximum absolute atomic E-state index is 12.5. The van der Waals surface area contributed by atoms with Crippen molar-refractivity contribution in [2.75, 3.05) is 12.3 Å². The zero-order chi connectivity index (χ0) is 20.9. The quantitative estimate of drug-likeness (QED) is 0.649. The molecule has 1 saturated heterocycles. The standard InChI is InChI=1S/C24H27ClN2O2S/c25-21-12-6-18(7-13-21)15-27-22(28)16-30-24(27)20-10-8-19(9-11-20)23(29)26-14-17-4-2-1-3-5-17/h6-13,17,24H,1-5,14-16H2,(H,26,29)/t24-/m0/s1. The molecular weight excluding hydrogens is 416 g/mol. The fraction of sp³-hybridized carbons (Fsp3) is 0.417. The summed E-state index contributed by atoms with van der Waals surface area (Å²) in [4.78, 5) is 26.9. The van der Waals surface area contributed by atoms with E-state index in [2.05, 4.69) is 5.32 Å². The number of amides is 2. The van der Waals surface area contributed by atoms with Crippen molar-refractivity contribution in [1.29, 1.82) is 0 Å². The fourth-order valence-corrected chi connectivity index (χ4v) is 5.53. The van der Waals surface area contributed by atoms with E-state index >= 15 is 0 Å². The lowest BCUT2D eigenvalue weighted by Gasteiger charge is -2.24. The molecular formula is C24H27ClN2O2S. The molecule has 0 aromatic heterocycles. The predicted octanol–water partition coefficient (Wildman–Crippen LogP) is 5.42. The third-order valence-electron chi connectivity index (χ3n) is 5.97. The van der Waals surface area contributed by atoms with E-state index < -0.39 is 0 Å². The molecule has 2 fully saturated rings. The number of carbonyl (C=O) groups excluding carboxylic acids is 2. The average Bonchev–Trinajstić information content (AvgIpc) is 3.14. The van der Waals surface area contributed by atoms with E-state index in [-0.39, 0.29) is 17.2 Å². The third kappa shape index (κ3) is 5.19. The first kappa shape index (κ1) is 21.3. The van der Waals surface area contributed by atoms with Gasteiger partial charge in [0.25, 0.3) is 5.91 Å². The Balaban J connectivity index is 1.38. The van der Waals surface area contributed by atoms with Gasteiger partial charge in [-0.3, -0.25) is 9.59 Å². The molecule has 4 nitrogen and oxygen atoms in total. The maximum atomic E-state index is 12.5. The molecule has 0 radical (unpaired) electrons. The lowest BCUT2D eigenvalue weighted by atomic mass is 9.89. The largest absolute Gasteiger partial charge is 0.352 e. The summed E-state index contributed by atoms with van der Waals surface area (Å²) < 4.78 is 0. The van der Waals surface area contributed by atoms with Gasteiger partial charge in [0, 0.05) is 23.7 Å². The van der Waals surface area contributed by atoms with Gasteiger partial charge in [0.1, 0.15) is 5.37 Å². The Morgan fingerprint density at radius 1 is 1.03 bits per heavy atom. The van der Waals surface area contributed by atoms with Gasteiger partial charge in [0.05, 0.1) is 5.75 Å². The Hall–Kier alpha value is -1.98. The maximum Gasteiger partial charge on any atom is 0.251 e. The Morgan fingerprint density at radius 2 is 1.73 bits per heavy atom. The number of hydrogen-bond acceptors (Lipinski definition) is 3. The Bertz CT molecular complexity index is 879. The van der Waals surface area contributed by atoms with Crippen molar-refractivity contribution in [3.8, 4) is 0 Å². The number of nitrogens with zero attached hydrogens (tertiary/aromatic N) is 1. The highest BCUT2D eigenvalue weighted by Gasteiger charge is 2.32. The second kappa shape index (κ2) is 9.88. The van der Waals surface area contributed by atoms with Gasteiger partial charge in [-0.15, -0.1) is 11.8 Å². The van der Waals surface area contributed by atoms with Crippen LogP contribution in [-0.2, 0) is 11.3 Å². The number of halogens is 1. The molecule has 1 aliphatic carbocycles. The number of hydrogen-bond donors (Lipinski definition) is 1. The van der Waals surface area contributed by atoms with Gasteiger partial charge in [-0.2, -0.15) is 0 Å². The lowest BCUT2D eigenvalue weighted by Crippen LogP contribution is -2.30. The molecule has 30 heavy (non-hydrogen) atoms. The van der Waals surface area contributed by atoms with Crippen molar-refractivity contribution in [3.05, 3.63) is 70.2 Å². The molecule has 6 heteroatoms. The van der Waals surface area contributed by atoms with Crippen LogP contribution >= 0.6 is 23.4 Å². The topological polar surface area (TPSA) is 49.4 Å². The zero-order valence-corrected chi connectivity index (χ0v) is 18.6. The molecule has 1 heterocycles. The summed E-state index contributed by atoms with van der Waals surface area (Å²) in [6, 6.07) is 15.3. The molecule has 1 N–H and O–H groups in total. The number of benzene rings is 2. The molecule has 1 saturated carbocycles. The fourth-order valence-electron chi connectivity index (χ4n) is 4.22. The summed E-state index contributed by atoms with van der Waals surface area (Å²) in [6.07, 6.45) is 6.31. The average molecular weight is 443 g/mol. The van der Waals surface area contributed by atoms with Crippen LogP contribution < -0.4 is 5.32 Å². The minimum Gasteiger partial charge on any atom is -0.352 e. The number of thioether (sulfide) groups is 1. The highest BCUT2D eigenvalue weighted by Crippen LogP contribution is 2.39. The lowest BCUT2D eigenvalue weighted by molar-refractivity contribution is -0.128. The second-order valence-electron chi connectivity index (χ2n) is 8.15. The van der Waals surface area contributed by atoms with Gasteiger partial charge in [-0.1, -0.05) is 55.1 Å². The first-order valence-corrected chi connectivity index (χ1v) is 12.1. The van der Waals surface area contributed by atoms with Crippen molar-refractivity contribution in [1.82, 2.24) is 10.2 Å². The molecule has 4 rings (SSSR count). The second-order valence-corrected chi connectivity index (χ2v) is 9.65. The minimum atomic E-state index is -0.0347. The summed E-state index contributed by atoms with van der Waals surface area (Å²) in [5.74, 6) is 1.21. The van der Waals surface area contributed by atoms with E-state index in [1.807, 2.05) is 53.4 Å². The molecule has 2 aliphatic rings.